The molecule has 0 aliphatic carbocycles. The van der Waals surface area contributed by atoms with Gasteiger partial charge < -0.3 is 5.11 Å². The number of hydrogen-bond acceptors (Lipinski definition) is 3. The molecule has 0 fully saturated rings. The van der Waals surface area contributed by atoms with Crippen molar-refractivity contribution in [1.82, 2.24) is 14.5 Å². The molecule has 0 aliphatic rings. The largest absolute Gasteiger partial charge is 0.507 e. The van der Waals surface area contributed by atoms with Crippen LogP contribution in [0.3, 0.4) is 0 Å². The van der Waals surface area contributed by atoms with E-state index in [9.17, 15) is 5.11 Å². The van der Waals surface area contributed by atoms with E-state index >= 15 is 0 Å². The number of phenols is 1. The molecule has 4 heteroatoms. The Balaban J connectivity index is 1.50. The van der Waals surface area contributed by atoms with Crippen LogP contribution in [-0.2, 0) is 10.8 Å². The molecule has 8 aromatic rings. The molecule has 0 saturated heterocycles. The Morgan fingerprint density at radius 3 is 2.02 bits per heavy atom. The fraction of sp³-hybridized carbons (Fsp3) is 0.167. The number of phenolic OH excluding ortho intramolecular Hbond substituents is 1. The molecule has 2 heterocycles. The monoisotopic (exact) mass is 677 g/mol. The van der Waals surface area contributed by atoms with Gasteiger partial charge in [0.1, 0.15) is 11.6 Å². The molecule has 0 bridgehead atoms. The molecule has 4 nitrogen and oxygen atoms in total. The molecule has 1 N–H and O–H groups in total. The second-order valence-electron chi connectivity index (χ2n) is 15.7. The number of imidazole rings is 1. The molecular formula is C48H43N3O. The number of aromatic nitrogens is 3. The first-order valence-electron chi connectivity index (χ1n) is 18.0. The molecule has 0 spiro atoms. The van der Waals surface area contributed by atoms with Crippen molar-refractivity contribution in [3.05, 3.63) is 157 Å². The molecule has 256 valence electrons. The summed E-state index contributed by atoms with van der Waals surface area (Å²) < 4.78 is 2.25. The van der Waals surface area contributed by atoms with E-state index in [0.717, 1.165) is 77.7 Å². The quantitative estimate of drug-likeness (QED) is 0.197. The lowest BCUT2D eigenvalue weighted by Gasteiger charge is -2.27. The van der Waals surface area contributed by atoms with Crippen molar-refractivity contribution in [3.8, 4) is 56.3 Å². The van der Waals surface area contributed by atoms with Crippen LogP contribution in [-0.4, -0.2) is 19.6 Å². The van der Waals surface area contributed by atoms with Crippen LogP contribution in [0.2, 0.25) is 0 Å². The minimum atomic E-state index is -0.297. The summed E-state index contributed by atoms with van der Waals surface area (Å²) in [5, 5.41) is 14.6. The van der Waals surface area contributed by atoms with E-state index in [0.29, 0.717) is 5.82 Å². The van der Waals surface area contributed by atoms with Gasteiger partial charge >= 0.3 is 0 Å². The molecule has 52 heavy (non-hydrogen) atoms. The summed E-state index contributed by atoms with van der Waals surface area (Å²) in [5.74, 6) is 0.962. The topological polar surface area (TPSA) is 50.9 Å². The maximum absolute atomic E-state index is 12.3. The highest BCUT2D eigenvalue weighted by Crippen LogP contribution is 2.46. The van der Waals surface area contributed by atoms with E-state index in [2.05, 4.69) is 167 Å². The van der Waals surface area contributed by atoms with Crippen LogP contribution in [0, 0.1) is 0 Å². The molecule has 0 radical (unpaired) electrons. The number of nitrogens with zero attached hydrogens (tertiary/aromatic N) is 3. The van der Waals surface area contributed by atoms with Crippen LogP contribution in [0.25, 0.3) is 72.4 Å². The lowest BCUT2D eigenvalue weighted by Crippen LogP contribution is -2.17. The van der Waals surface area contributed by atoms with E-state index < -0.39 is 0 Å². The SMILES string of the molecule is CC(C)(C)c1cc(-c2nc3c(-c4cc(-c5ccccn5)cc5ccccc45)cccc3n2-c2ccccc2-c2ccccc2)c(O)c(C(C)(C)C)c1. The van der Waals surface area contributed by atoms with Gasteiger partial charge in [-0.1, -0.05) is 139 Å². The summed E-state index contributed by atoms with van der Waals surface area (Å²) in [4.78, 5) is 10.3. The highest BCUT2D eigenvalue weighted by molar-refractivity contribution is 6.06. The standard InChI is InChI=1S/C48H43N3O/c1-47(2,3)34-29-39(45(52)40(30-34)48(4,5)6)46-50-44-37(38-28-33(41-23-14-15-26-49-41)27-32-19-10-11-20-35(32)38)22-16-25-43(44)51(46)42-24-13-12-21-36(42)31-17-8-7-9-18-31/h7-30,52H,1-6H3. The number of benzene rings is 6. The Kier molecular flexibility index (Phi) is 8.06. The fourth-order valence-corrected chi connectivity index (χ4v) is 7.30. The molecule has 2 aromatic heterocycles. The summed E-state index contributed by atoms with van der Waals surface area (Å²) in [5.41, 5.74) is 11.4. The molecule has 0 unspecified atom stereocenters. The first-order chi connectivity index (χ1) is 25.0. The molecular weight excluding hydrogens is 635 g/mol. The van der Waals surface area contributed by atoms with E-state index in [1.165, 1.54) is 0 Å². The van der Waals surface area contributed by atoms with Crippen molar-refractivity contribution in [1.29, 1.82) is 0 Å². The van der Waals surface area contributed by atoms with Gasteiger partial charge in [-0.05, 0) is 80.8 Å². The van der Waals surface area contributed by atoms with Gasteiger partial charge in [0.2, 0.25) is 0 Å². The number of hydrogen-bond donors (Lipinski definition) is 1. The first-order valence-corrected chi connectivity index (χ1v) is 18.0. The van der Waals surface area contributed by atoms with Gasteiger partial charge in [0.05, 0.1) is 28.0 Å². The minimum Gasteiger partial charge on any atom is -0.507 e. The number of rotatable bonds is 5. The predicted molar refractivity (Wildman–Crippen MR) is 217 cm³/mol. The van der Waals surface area contributed by atoms with Gasteiger partial charge in [-0.3, -0.25) is 9.55 Å². The van der Waals surface area contributed by atoms with Crippen molar-refractivity contribution >= 4 is 21.8 Å². The van der Waals surface area contributed by atoms with Crippen LogP contribution in [0.4, 0.5) is 0 Å². The van der Waals surface area contributed by atoms with Crippen LogP contribution in [0.5, 0.6) is 5.75 Å². The van der Waals surface area contributed by atoms with Crippen LogP contribution in [0.15, 0.2) is 146 Å². The number of fused-ring (bicyclic) bond motifs is 2. The Bertz CT molecular complexity index is 2590. The lowest BCUT2D eigenvalue weighted by molar-refractivity contribution is 0.446. The van der Waals surface area contributed by atoms with Gasteiger partial charge in [-0.15, -0.1) is 0 Å². The van der Waals surface area contributed by atoms with E-state index in [-0.39, 0.29) is 16.6 Å². The van der Waals surface area contributed by atoms with Crippen molar-refractivity contribution in [2.75, 3.05) is 0 Å². The molecule has 0 aliphatic heterocycles. The summed E-state index contributed by atoms with van der Waals surface area (Å²) in [6, 6.07) is 48.7. The van der Waals surface area contributed by atoms with E-state index in [4.69, 9.17) is 9.97 Å². The number of para-hydroxylation sites is 2. The third-order valence-corrected chi connectivity index (χ3v) is 10.1. The normalized spacial score (nSPS) is 12.1. The maximum atomic E-state index is 12.3. The molecule has 8 rings (SSSR count). The summed E-state index contributed by atoms with van der Waals surface area (Å²) >= 11 is 0. The molecule has 0 saturated carbocycles. The zero-order valence-electron chi connectivity index (χ0n) is 30.6. The lowest BCUT2D eigenvalue weighted by atomic mass is 9.79. The third kappa shape index (κ3) is 5.84. The van der Waals surface area contributed by atoms with E-state index in [1.807, 2.05) is 24.4 Å². The Morgan fingerprint density at radius 1 is 0.558 bits per heavy atom. The predicted octanol–water partition coefficient (Wildman–Crippen LogP) is 12.5. The Morgan fingerprint density at radius 2 is 1.27 bits per heavy atom. The van der Waals surface area contributed by atoms with Crippen LogP contribution in [0.1, 0.15) is 52.7 Å². The van der Waals surface area contributed by atoms with Crippen LogP contribution >= 0.6 is 0 Å². The Labute approximate surface area is 306 Å². The molecule has 0 amide bonds. The zero-order valence-corrected chi connectivity index (χ0v) is 30.6. The van der Waals surface area contributed by atoms with Crippen molar-refractivity contribution in [3.63, 3.8) is 0 Å². The fourth-order valence-electron chi connectivity index (χ4n) is 7.30. The highest BCUT2D eigenvalue weighted by Gasteiger charge is 2.29. The maximum Gasteiger partial charge on any atom is 0.149 e. The number of aromatic hydroxyl groups is 1. The van der Waals surface area contributed by atoms with Gasteiger partial charge in [0, 0.05) is 28.5 Å². The second kappa shape index (κ2) is 12.6. The highest BCUT2D eigenvalue weighted by atomic mass is 16.3. The molecule has 0 atom stereocenters. The van der Waals surface area contributed by atoms with Gasteiger partial charge in [0.25, 0.3) is 0 Å². The Hall–Kier alpha value is -6.00. The number of pyridine rings is 1. The first kappa shape index (κ1) is 33.2. The van der Waals surface area contributed by atoms with Gasteiger partial charge in [-0.25, -0.2) is 4.98 Å². The van der Waals surface area contributed by atoms with Crippen molar-refractivity contribution < 1.29 is 5.11 Å². The summed E-state index contributed by atoms with van der Waals surface area (Å²) in [6.07, 6.45) is 1.84. The van der Waals surface area contributed by atoms with E-state index in [1.54, 1.807) is 0 Å². The van der Waals surface area contributed by atoms with Crippen molar-refractivity contribution in [2.45, 2.75) is 52.4 Å². The molecule has 6 aromatic carbocycles. The third-order valence-electron chi connectivity index (χ3n) is 10.1. The minimum absolute atomic E-state index is 0.156. The second-order valence-corrected chi connectivity index (χ2v) is 15.7. The average molecular weight is 678 g/mol. The van der Waals surface area contributed by atoms with Gasteiger partial charge in [0.15, 0.2) is 0 Å². The van der Waals surface area contributed by atoms with Crippen molar-refractivity contribution in [2.24, 2.45) is 0 Å². The summed E-state index contributed by atoms with van der Waals surface area (Å²) in [6.45, 7) is 13.1. The van der Waals surface area contributed by atoms with Crippen LogP contribution < -0.4 is 0 Å². The zero-order chi connectivity index (χ0) is 36.2. The smallest absolute Gasteiger partial charge is 0.149 e. The van der Waals surface area contributed by atoms with Gasteiger partial charge in [-0.2, -0.15) is 0 Å². The summed E-state index contributed by atoms with van der Waals surface area (Å²) in [7, 11) is 0. The average Bonchev–Trinajstić information content (AvgIpc) is 3.54.